The SMILES string of the molecule is Br.OC1(c2ccc(Cl)cc2)C[N+]2=C(CCCCC2)N1c1ccccc1. The van der Waals surface area contributed by atoms with Crippen LogP contribution < -0.4 is 4.90 Å². The highest BCUT2D eigenvalue weighted by Crippen LogP contribution is 2.37. The molecule has 3 nitrogen and oxygen atoms in total. The van der Waals surface area contributed by atoms with E-state index in [-0.39, 0.29) is 17.0 Å². The highest BCUT2D eigenvalue weighted by atomic mass is 79.9. The molecular weight excluding hydrogens is 400 g/mol. The monoisotopic (exact) mass is 421 g/mol. The van der Waals surface area contributed by atoms with Gasteiger partial charge in [-0.25, -0.2) is 0 Å². The summed E-state index contributed by atoms with van der Waals surface area (Å²) in [5.41, 5.74) is 0.865. The van der Waals surface area contributed by atoms with E-state index in [1.54, 1.807) is 0 Å². The summed E-state index contributed by atoms with van der Waals surface area (Å²) < 4.78 is 2.36. The van der Waals surface area contributed by atoms with Crippen LogP contribution in [0.4, 0.5) is 5.69 Å². The number of amidine groups is 1. The molecule has 1 N–H and O–H groups in total. The lowest BCUT2D eigenvalue weighted by atomic mass is 10.00. The molecule has 0 saturated carbocycles. The average Bonchev–Trinajstić information content (AvgIpc) is 2.73. The maximum absolute atomic E-state index is 11.7. The Kier molecular flexibility index (Phi) is 5.52. The Morgan fingerprint density at radius 3 is 2.40 bits per heavy atom. The lowest BCUT2D eigenvalue weighted by Gasteiger charge is -2.29. The molecule has 0 bridgehead atoms. The van der Waals surface area contributed by atoms with Crippen molar-refractivity contribution < 1.29 is 9.68 Å². The van der Waals surface area contributed by atoms with E-state index in [9.17, 15) is 5.11 Å². The Morgan fingerprint density at radius 2 is 1.68 bits per heavy atom. The number of anilines is 1. The van der Waals surface area contributed by atoms with Gasteiger partial charge in [0.25, 0.3) is 11.6 Å². The molecule has 0 saturated heterocycles. The van der Waals surface area contributed by atoms with E-state index in [1.165, 1.54) is 25.1 Å². The number of hydrogen-bond acceptors (Lipinski definition) is 2. The zero-order valence-corrected chi connectivity index (χ0v) is 16.5. The van der Waals surface area contributed by atoms with Crippen molar-refractivity contribution in [3.05, 3.63) is 65.2 Å². The van der Waals surface area contributed by atoms with E-state index in [1.807, 2.05) is 42.5 Å². The number of halogens is 2. The van der Waals surface area contributed by atoms with Crippen molar-refractivity contribution in [3.63, 3.8) is 0 Å². The van der Waals surface area contributed by atoms with Crippen LogP contribution in [0.5, 0.6) is 0 Å². The zero-order valence-electron chi connectivity index (χ0n) is 14.1. The molecule has 25 heavy (non-hydrogen) atoms. The second kappa shape index (κ2) is 7.48. The molecule has 0 amide bonds. The third-order valence-electron chi connectivity index (χ3n) is 5.05. The predicted octanol–water partition coefficient (Wildman–Crippen LogP) is 4.57. The minimum Gasteiger partial charge on any atom is -0.346 e. The van der Waals surface area contributed by atoms with Gasteiger partial charge in [-0.3, -0.25) is 4.58 Å². The van der Waals surface area contributed by atoms with Crippen molar-refractivity contribution in [2.24, 2.45) is 0 Å². The summed E-state index contributed by atoms with van der Waals surface area (Å²) in [6, 6.07) is 17.8. The molecule has 2 aliphatic heterocycles. The number of nitrogens with zero attached hydrogens (tertiary/aromatic N) is 2. The van der Waals surface area contributed by atoms with Crippen LogP contribution in [0.3, 0.4) is 0 Å². The van der Waals surface area contributed by atoms with Gasteiger partial charge in [0, 0.05) is 17.0 Å². The van der Waals surface area contributed by atoms with E-state index in [2.05, 4.69) is 21.6 Å². The summed E-state index contributed by atoms with van der Waals surface area (Å²) in [5.74, 6) is 1.23. The summed E-state index contributed by atoms with van der Waals surface area (Å²) in [6.45, 7) is 1.60. The van der Waals surface area contributed by atoms with E-state index >= 15 is 0 Å². The number of benzene rings is 2. The largest absolute Gasteiger partial charge is 0.346 e. The van der Waals surface area contributed by atoms with Crippen LogP contribution >= 0.6 is 28.6 Å². The normalized spacial score (nSPS) is 23.0. The van der Waals surface area contributed by atoms with Gasteiger partial charge in [-0.05, 0) is 43.5 Å². The molecule has 0 radical (unpaired) electrons. The molecule has 0 aliphatic carbocycles. The molecule has 2 heterocycles. The van der Waals surface area contributed by atoms with Gasteiger partial charge in [-0.1, -0.05) is 41.9 Å². The Morgan fingerprint density at radius 1 is 0.960 bits per heavy atom. The molecule has 0 aromatic heterocycles. The summed E-state index contributed by atoms with van der Waals surface area (Å²) >= 11 is 6.05. The molecule has 1 atom stereocenters. The van der Waals surface area contributed by atoms with E-state index in [0.717, 1.165) is 24.2 Å². The summed E-state index contributed by atoms with van der Waals surface area (Å²) in [5, 5.41) is 12.4. The van der Waals surface area contributed by atoms with Gasteiger partial charge in [0.2, 0.25) is 0 Å². The fourth-order valence-corrected chi connectivity index (χ4v) is 4.03. The molecule has 2 aromatic carbocycles. The molecule has 2 aliphatic rings. The van der Waals surface area contributed by atoms with Crippen molar-refractivity contribution in [3.8, 4) is 0 Å². The number of para-hydroxylation sites is 1. The Labute approximate surface area is 164 Å². The van der Waals surface area contributed by atoms with Crippen molar-refractivity contribution >= 4 is 40.1 Å². The molecule has 0 fully saturated rings. The smallest absolute Gasteiger partial charge is 0.275 e. The quantitative estimate of drug-likeness (QED) is 0.718. The number of aliphatic hydroxyl groups is 1. The van der Waals surface area contributed by atoms with Gasteiger partial charge in [0.15, 0.2) is 6.54 Å². The lowest BCUT2D eigenvalue weighted by Crippen LogP contribution is -2.47. The first kappa shape index (κ1) is 18.4. The van der Waals surface area contributed by atoms with E-state index < -0.39 is 5.72 Å². The lowest BCUT2D eigenvalue weighted by molar-refractivity contribution is -0.534. The van der Waals surface area contributed by atoms with Crippen LogP contribution in [0.1, 0.15) is 31.2 Å². The standard InChI is InChI=1S/C20H22ClN2O.BrH/c21-17-12-10-16(11-13-17)20(24)15-22-14-6-2-5-9-19(22)23(20)18-7-3-1-4-8-18;/h1,3-4,7-8,10-13,24H,2,5-6,9,14-15H2;1H/q+1;. The van der Waals surface area contributed by atoms with Crippen LogP contribution in [-0.4, -0.2) is 28.6 Å². The molecule has 0 spiro atoms. The van der Waals surface area contributed by atoms with Gasteiger partial charge in [-0.2, -0.15) is 4.90 Å². The molecule has 1 unspecified atom stereocenters. The molecule has 132 valence electrons. The molecular formula is C20H23BrClN2O+. The van der Waals surface area contributed by atoms with Gasteiger partial charge in [0.1, 0.15) is 5.69 Å². The summed E-state index contributed by atoms with van der Waals surface area (Å²) in [7, 11) is 0. The summed E-state index contributed by atoms with van der Waals surface area (Å²) in [6.07, 6.45) is 4.61. The van der Waals surface area contributed by atoms with Crippen molar-refractivity contribution in [2.45, 2.75) is 31.4 Å². The van der Waals surface area contributed by atoms with Crippen LogP contribution in [0, 0.1) is 0 Å². The Balaban J connectivity index is 0.00000182. The van der Waals surface area contributed by atoms with Gasteiger partial charge in [0.05, 0.1) is 6.54 Å². The maximum atomic E-state index is 11.7. The highest BCUT2D eigenvalue weighted by Gasteiger charge is 2.53. The van der Waals surface area contributed by atoms with E-state index in [0.29, 0.717) is 11.6 Å². The average molecular weight is 423 g/mol. The zero-order chi connectivity index (χ0) is 16.6. The number of hydrogen-bond donors (Lipinski definition) is 1. The molecule has 5 heteroatoms. The first-order chi connectivity index (χ1) is 11.7. The maximum Gasteiger partial charge on any atom is 0.275 e. The van der Waals surface area contributed by atoms with Gasteiger partial charge in [-0.15, -0.1) is 17.0 Å². The Hall–Kier alpha value is -1.36. The van der Waals surface area contributed by atoms with Gasteiger partial charge >= 0.3 is 0 Å². The molecule has 2 aromatic rings. The minimum atomic E-state index is -1.06. The highest BCUT2D eigenvalue weighted by molar-refractivity contribution is 8.93. The third kappa shape index (κ3) is 3.35. The predicted molar refractivity (Wildman–Crippen MR) is 108 cm³/mol. The fourth-order valence-electron chi connectivity index (χ4n) is 3.90. The van der Waals surface area contributed by atoms with Crippen molar-refractivity contribution in [2.75, 3.05) is 18.0 Å². The van der Waals surface area contributed by atoms with Crippen LogP contribution in [0.25, 0.3) is 0 Å². The van der Waals surface area contributed by atoms with Gasteiger partial charge < -0.3 is 5.11 Å². The fraction of sp³-hybridized carbons (Fsp3) is 0.350. The van der Waals surface area contributed by atoms with Crippen LogP contribution in [0.2, 0.25) is 5.02 Å². The minimum absolute atomic E-state index is 0. The van der Waals surface area contributed by atoms with Crippen LogP contribution in [-0.2, 0) is 5.72 Å². The van der Waals surface area contributed by atoms with Crippen LogP contribution in [0.15, 0.2) is 54.6 Å². The third-order valence-corrected chi connectivity index (χ3v) is 5.31. The first-order valence-corrected chi connectivity index (χ1v) is 9.01. The second-order valence-electron chi connectivity index (χ2n) is 6.64. The number of rotatable bonds is 2. The van der Waals surface area contributed by atoms with Crippen molar-refractivity contribution in [1.29, 1.82) is 0 Å². The van der Waals surface area contributed by atoms with Crippen molar-refractivity contribution in [1.82, 2.24) is 0 Å². The topological polar surface area (TPSA) is 26.5 Å². The molecule has 4 rings (SSSR count). The Bertz CT molecular complexity index is 763. The summed E-state index contributed by atoms with van der Waals surface area (Å²) in [4.78, 5) is 2.13. The second-order valence-corrected chi connectivity index (χ2v) is 7.08. The first-order valence-electron chi connectivity index (χ1n) is 8.63. The van der Waals surface area contributed by atoms with E-state index in [4.69, 9.17) is 11.6 Å².